The zero-order chi connectivity index (χ0) is 9.52. The summed E-state index contributed by atoms with van der Waals surface area (Å²) in [4.78, 5) is 0. The maximum absolute atomic E-state index is 4.47. The van der Waals surface area contributed by atoms with Gasteiger partial charge in [-0.05, 0) is 88.5 Å². The number of rotatable bonds is 0. The van der Waals surface area contributed by atoms with Crippen LogP contribution in [0.25, 0.3) is 0 Å². The van der Waals surface area contributed by atoms with Crippen LogP contribution in [0.2, 0.25) is 0 Å². The Morgan fingerprint density at radius 2 is 1.67 bits per heavy atom. The fourth-order valence-electron chi connectivity index (χ4n) is 0.798. The average molecular weight is 502 g/mol. The summed E-state index contributed by atoms with van der Waals surface area (Å²) in [6, 6.07) is 0. The van der Waals surface area contributed by atoms with Crippen molar-refractivity contribution in [3.63, 3.8) is 0 Å². The summed E-state index contributed by atoms with van der Waals surface area (Å²) < 4.78 is 5.64. The number of hydrogen-bond donors (Lipinski definition) is 0. The SMILES string of the molecule is CC(C)(C)n1nc(I)c(I)c1I. The molecule has 5 heteroatoms. The van der Waals surface area contributed by atoms with Crippen molar-refractivity contribution in [3.05, 3.63) is 11.0 Å². The molecule has 0 aliphatic carbocycles. The summed E-state index contributed by atoms with van der Waals surface area (Å²) in [5.41, 5.74) is 0.0832. The quantitative estimate of drug-likeness (QED) is 0.498. The van der Waals surface area contributed by atoms with Gasteiger partial charge >= 0.3 is 0 Å². The van der Waals surface area contributed by atoms with E-state index < -0.39 is 0 Å². The highest BCUT2D eigenvalue weighted by atomic mass is 127. The second kappa shape index (κ2) is 3.87. The fraction of sp³-hybridized carbons (Fsp3) is 0.571. The molecule has 0 spiro atoms. The first kappa shape index (κ1) is 11.5. The van der Waals surface area contributed by atoms with Gasteiger partial charge in [0.25, 0.3) is 0 Å². The van der Waals surface area contributed by atoms with E-state index in [0.717, 1.165) is 3.70 Å². The molecule has 0 saturated carbocycles. The molecule has 0 N–H and O–H groups in total. The van der Waals surface area contributed by atoms with Gasteiger partial charge in [-0.25, -0.2) is 0 Å². The van der Waals surface area contributed by atoms with Crippen molar-refractivity contribution in [1.29, 1.82) is 0 Å². The van der Waals surface area contributed by atoms with Gasteiger partial charge in [0.05, 0.1) is 9.11 Å². The summed E-state index contributed by atoms with van der Waals surface area (Å²) in [5.74, 6) is 0. The molecule has 2 nitrogen and oxygen atoms in total. The highest BCUT2D eigenvalue weighted by Gasteiger charge is 2.20. The number of aromatic nitrogens is 2. The number of nitrogens with zero attached hydrogens (tertiary/aromatic N) is 2. The van der Waals surface area contributed by atoms with Gasteiger partial charge in [0.15, 0.2) is 0 Å². The smallest absolute Gasteiger partial charge is 0.137 e. The Kier molecular flexibility index (Phi) is 3.70. The number of hydrogen-bond acceptors (Lipinski definition) is 1. The van der Waals surface area contributed by atoms with E-state index >= 15 is 0 Å². The summed E-state index contributed by atoms with van der Waals surface area (Å²) in [6.07, 6.45) is 0. The molecule has 1 aromatic heterocycles. The maximum atomic E-state index is 4.47. The second-order valence-electron chi connectivity index (χ2n) is 3.48. The van der Waals surface area contributed by atoms with E-state index in [2.05, 4.69) is 98.3 Å². The lowest BCUT2D eigenvalue weighted by Crippen LogP contribution is -2.24. The molecule has 0 fully saturated rings. The standard InChI is InChI=1S/C7H9I3N2/c1-7(2,3)12-6(10)4(8)5(9)11-12/h1-3H3. The van der Waals surface area contributed by atoms with E-state index in [1.165, 1.54) is 7.27 Å². The lowest BCUT2D eigenvalue weighted by atomic mass is 10.1. The zero-order valence-corrected chi connectivity index (χ0v) is 13.5. The summed E-state index contributed by atoms with van der Waals surface area (Å²) >= 11 is 6.94. The average Bonchev–Trinajstić information content (AvgIpc) is 2.15. The Bertz CT molecular complexity index is 298. The normalized spacial score (nSPS) is 12.2. The van der Waals surface area contributed by atoms with Gasteiger partial charge in [0.2, 0.25) is 0 Å². The Morgan fingerprint density at radius 1 is 1.17 bits per heavy atom. The summed E-state index contributed by atoms with van der Waals surface area (Å²) in [6.45, 7) is 6.48. The molecule has 1 rings (SSSR count). The van der Waals surface area contributed by atoms with Crippen molar-refractivity contribution in [1.82, 2.24) is 9.78 Å². The first-order chi connectivity index (χ1) is 5.34. The maximum Gasteiger partial charge on any atom is 0.137 e. The van der Waals surface area contributed by atoms with E-state index in [1.807, 2.05) is 0 Å². The van der Waals surface area contributed by atoms with E-state index in [1.54, 1.807) is 0 Å². The van der Waals surface area contributed by atoms with Crippen molar-refractivity contribution in [3.8, 4) is 0 Å². The molecule has 0 amide bonds. The minimum atomic E-state index is 0.0832. The molecular weight excluding hydrogens is 493 g/mol. The lowest BCUT2D eigenvalue weighted by Gasteiger charge is -2.20. The first-order valence-electron chi connectivity index (χ1n) is 3.44. The van der Waals surface area contributed by atoms with Crippen LogP contribution in [0.5, 0.6) is 0 Å². The minimum Gasteiger partial charge on any atom is -0.252 e. The predicted molar refractivity (Wildman–Crippen MR) is 75.4 cm³/mol. The van der Waals surface area contributed by atoms with Gasteiger partial charge < -0.3 is 0 Å². The minimum absolute atomic E-state index is 0.0832. The Morgan fingerprint density at radius 3 is 1.83 bits per heavy atom. The van der Waals surface area contributed by atoms with Crippen LogP contribution in [0.4, 0.5) is 0 Å². The molecule has 0 saturated heterocycles. The van der Waals surface area contributed by atoms with E-state index in [9.17, 15) is 0 Å². The van der Waals surface area contributed by atoms with Crippen LogP contribution >= 0.6 is 67.8 Å². The van der Waals surface area contributed by atoms with Crippen LogP contribution in [0.15, 0.2) is 0 Å². The van der Waals surface area contributed by atoms with Crippen LogP contribution in [-0.4, -0.2) is 9.78 Å². The van der Waals surface area contributed by atoms with Gasteiger partial charge in [-0.1, -0.05) is 0 Å². The molecule has 0 aromatic carbocycles. The molecule has 0 unspecified atom stereocenters. The van der Waals surface area contributed by atoms with Crippen LogP contribution in [0.3, 0.4) is 0 Å². The van der Waals surface area contributed by atoms with Crippen molar-refractivity contribution >= 4 is 67.8 Å². The molecule has 0 atom stereocenters. The Balaban J connectivity index is 3.28. The molecule has 1 heterocycles. The summed E-state index contributed by atoms with van der Waals surface area (Å²) in [5, 5.41) is 4.47. The largest absolute Gasteiger partial charge is 0.252 e. The van der Waals surface area contributed by atoms with Gasteiger partial charge in [-0.2, -0.15) is 5.10 Å². The molecular formula is C7H9I3N2. The van der Waals surface area contributed by atoms with Gasteiger partial charge in [0.1, 0.15) is 7.40 Å². The molecule has 12 heavy (non-hydrogen) atoms. The van der Waals surface area contributed by atoms with E-state index in [4.69, 9.17) is 0 Å². The van der Waals surface area contributed by atoms with Crippen LogP contribution < -0.4 is 0 Å². The third kappa shape index (κ3) is 2.25. The second-order valence-corrected chi connectivity index (χ2v) is 6.60. The molecule has 0 radical (unpaired) electrons. The van der Waals surface area contributed by atoms with E-state index in [-0.39, 0.29) is 5.54 Å². The van der Waals surface area contributed by atoms with Crippen LogP contribution in [-0.2, 0) is 5.54 Å². The molecule has 0 aliphatic rings. The first-order valence-corrected chi connectivity index (χ1v) is 6.67. The zero-order valence-electron chi connectivity index (χ0n) is 7.03. The molecule has 0 aliphatic heterocycles. The number of halogens is 3. The van der Waals surface area contributed by atoms with Gasteiger partial charge in [-0.3, -0.25) is 4.68 Å². The van der Waals surface area contributed by atoms with Crippen LogP contribution in [0, 0.1) is 11.0 Å². The van der Waals surface area contributed by atoms with Crippen molar-refractivity contribution in [2.45, 2.75) is 26.3 Å². The van der Waals surface area contributed by atoms with Crippen molar-refractivity contribution in [2.24, 2.45) is 0 Å². The molecule has 0 bridgehead atoms. The van der Waals surface area contributed by atoms with Crippen molar-refractivity contribution in [2.75, 3.05) is 0 Å². The highest BCUT2D eigenvalue weighted by Crippen LogP contribution is 2.25. The van der Waals surface area contributed by atoms with Gasteiger partial charge in [0, 0.05) is 0 Å². The third-order valence-electron chi connectivity index (χ3n) is 1.37. The molecule has 68 valence electrons. The molecule has 1 aromatic rings. The lowest BCUT2D eigenvalue weighted by molar-refractivity contribution is 0.346. The monoisotopic (exact) mass is 502 g/mol. The third-order valence-corrected chi connectivity index (χ3v) is 6.21. The van der Waals surface area contributed by atoms with Crippen molar-refractivity contribution < 1.29 is 0 Å². The van der Waals surface area contributed by atoms with E-state index in [0.29, 0.717) is 0 Å². The summed E-state index contributed by atoms with van der Waals surface area (Å²) in [7, 11) is 0. The van der Waals surface area contributed by atoms with Crippen LogP contribution in [0.1, 0.15) is 20.8 Å². The van der Waals surface area contributed by atoms with Gasteiger partial charge in [-0.15, -0.1) is 0 Å². The Labute approximate surface area is 113 Å². The predicted octanol–water partition coefficient (Wildman–Crippen LogP) is 3.45. The topological polar surface area (TPSA) is 17.8 Å². The Hall–Kier alpha value is 1.40. The fourth-order valence-corrected chi connectivity index (χ4v) is 3.21. The highest BCUT2D eigenvalue weighted by molar-refractivity contribution is 14.1.